The van der Waals surface area contributed by atoms with Gasteiger partial charge in [0.2, 0.25) is 0 Å². The Morgan fingerprint density at radius 1 is 1.16 bits per heavy atom. The van der Waals surface area contributed by atoms with E-state index in [9.17, 15) is 4.79 Å². The summed E-state index contributed by atoms with van der Waals surface area (Å²) in [7, 11) is 0. The Morgan fingerprint density at radius 2 is 2.11 bits per heavy atom. The van der Waals surface area contributed by atoms with Crippen LogP contribution in [0.5, 0.6) is 0 Å². The molecular formula is C13H11N5O. The van der Waals surface area contributed by atoms with Crippen molar-refractivity contribution in [3.05, 3.63) is 48.8 Å². The van der Waals surface area contributed by atoms with Gasteiger partial charge in [-0.2, -0.15) is 5.10 Å². The van der Waals surface area contributed by atoms with Crippen LogP contribution in [0, 0.1) is 0 Å². The number of hydrogen-bond donors (Lipinski definition) is 3. The summed E-state index contributed by atoms with van der Waals surface area (Å²) in [5, 5.41) is 13.1. The maximum Gasteiger partial charge on any atom is 0.324 e. The van der Waals surface area contributed by atoms with E-state index in [0.717, 1.165) is 10.9 Å². The van der Waals surface area contributed by atoms with Gasteiger partial charge in [-0.05, 0) is 30.3 Å². The number of carbonyl (C=O) groups excluding carboxylic acids is 1. The minimum Gasteiger partial charge on any atom is -0.308 e. The number of urea groups is 1. The lowest BCUT2D eigenvalue weighted by Crippen LogP contribution is -2.19. The average molecular weight is 253 g/mol. The smallest absolute Gasteiger partial charge is 0.308 e. The van der Waals surface area contributed by atoms with Crippen LogP contribution in [-0.4, -0.2) is 21.2 Å². The largest absolute Gasteiger partial charge is 0.324 e. The lowest BCUT2D eigenvalue weighted by atomic mass is 10.2. The highest BCUT2D eigenvalue weighted by Crippen LogP contribution is 2.16. The zero-order valence-corrected chi connectivity index (χ0v) is 9.92. The van der Waals surface area contributed by atoms with Crippen molar-refractivity contribution in [3.8, 4) is 0 Å². The Kier molecular flexibility index (Phi) is 2.82. The highest BCUT2D eigenvalue weighted by Gasteiger charge is 2.04. The lowest BCUT2D eigenvalue weighted by molar-refractivity contribution is 0.262. The molecule has 0 spiro atoms. The SMILES string of the molecule is O=C(Nc1ccc2[nH]ncc2c1)Nc1ccccn1. The van der Waals surface area contributed by atoms with Crippen molar-refractivity contribution in [2.24, 2.45) is 0 Å². The molecule has 19 heavy (non-hydrogen) atoms. The molecule has 3 N–H and O–H groups in total. The van der Waals surface area contributed by atoms with Gasteiger partial charge in [-0.1, -0.05) is 6.07 Å². The Morgan fingerprint density at radius 3 is 2.95 bits per heavy atom. The fourth-order valence-corrected chi connectivity index (χ4v) is 1.74. The minimum absolute atomic E-state index is 0.332. The van der Waals surface area contributed by atoms with Gasteiger partial charge in [0.25, 0.3) is 0 Å². The Balaban J connectivity index is 1.72. The van der Waals surface area contributed by atoms with Gasteiger partial charge < -0.3 is 5.32 Å². The number of aromatic amines is 1. The first-order valence-electron chi connectivity index (χ1n) is 5.73. The topological polar surface area (TPSA) is 82.7 Å². The van der Waals surface area contributed by atoms with Crippen LogP contribution in [0.15, 0.2) is 48.8 Å². The highest BCUT2D eigenvalue weighted by atomic mass is 16.2. The van der Waals surface area contributed by atoms with Crippen molar-refractivity contribution in [1.82, 2.24) is 15.2 Å². The fourth-order valence-electron chi connectivity index (χ4n) is 1.74. The maximum atomic E-state index is 11.8. The Labute approximate surface area is 108 Å². The number of nitrogens with zero attached hydrogens (tertiary/aromatic N) is 2. The van der Waals surface area contributed by atoms with Crippen LogP contribution < -0.4 is 10.6 Å². The molecule has 3 aromatic rings. The van der Waals surface area contributed by atoms with E-state index in [1.165, 1.54) is 0 Å². The monoisotopic (exact) mass is 253 g/mol. The summed E-state index contributed by atoms with van der Waals surface area (Å²) in [6.07, 6.45) is 3.32. The van der Waals surface area contributed by atoms with Gasteiger partial charge in [0.1, 0.15) is 5.82 Å². The number of H-pyrrole nitrogens is 1. The first kappa shape index (κ1) is 11.2. The third-order valence-corrected chi connectivity index (χ3v) is 2.60. The molecule has 6 heteroatoms. The second kappa shape index (κ2) is 4.77. The standard InChI is InChI=1S/C13H11N5O/c19-13(17-12-3-1-2-6-14-12)16-10-4-5-11-9(7-10)8-15-18-11/h1-8H,(H,15,18)(H2,14,16,17,19). The Hall–Kier alpha value is -2.89. The van der Waals surface area contributed by atoms with E-state index in [1.54, 1.807) is 36.7 Å². The number of nitrogens with one attached hydrogen (secondary N) is 3. The van der Waals surface area contributed by atoms with Crippen LogP contribution in [0.25, 0.3) is 10.9 Å². The van der Waals surface area contributed by atoms with E-state index in [2.05, 4.69) is 25.8 Å². The third-order valence-electron chi connectivity index (χ3n) is 2.60. The summed E-state index contributed by atoms with van der Waals surface area (Å²) in [6, 6.07) is 10.5. The van der Waals surface area contributed by atoms with Crippen LogP contribution in [0.4, 0.5) is 16.3 Å². The molecule has 0 radical (unpaired) electrons. The number of aromatic nitrogens is 3. The van der Waals surface area contributed by atoms with Crippen molar-refractivity contribution >= 4 is 28.4 Å². The van der Waals surface area contributed by atoms with E-state index in [0.29, 0.717) is 11.5 Å². The molecule has 6 nitrogen and oxygen atoms in total. The van der Waals surface area contributed by atoms with Crippen LogP contribution in [-0.2, 0) is 0 Å². The van der Waals surface area contributed by atoms with E-state index >= 15 is 0 Å². The zero-order valence-electron chi connectivity index (χ0n) is 9.92. The van der Waals surface area contributed by atoms with Gasteiger partial charge in [0, 0.05) is 17.3 Å². The molecule has 0 aliphatic rings. The van der Waals surface area contributed by atoms with Gasteiger partial charge in [-0.25, -0.2) is 9.78 Å². The van der Waals surface area contributed by atoms with Crippen molar-refractivity contribution in [3.63, 3.8) is 0 Å². The molecule has 0 saturated heterocycles. The van der Waals surface area contributed by atoms with Crippen molar-refractivity contribution in [1.29, 1.82) is 0 Å². The van der Waals surface area contributed by atoms with Gasteiger partial charge in [0.05, 0.1) is 11.7 Å². The molecule has 0 aliphatic heterocycles. The van der Waals surface area contributed by atoms with Crippen molar-refractivity contribution in [2.45, 2.75) is 0 Å². The molecule has 94 valence electrons. The number of benzene rings is 1. The predicted molar refractivity (Wildman–Crippen MR) is 73.0 cm³/mol. The molecule has 0 bridgehead atoms. The second-order valence-electron chi connectivity index (χ2n) is 3.97. The summed E-state index contributed by atoms with van der Waals surface area (Å²) in [6.45, 7) is 0. The molecule has 0 unspecified atom stereocenters. The normalized spacial score (nSPS) is 10.3. The molecule has 0 aliphatic carbocycles. The highest BCUT2D eigenvalue weighted by molar-refractivity contribution is 6.00. The number of pyridine rings is 1. The number of amides is 2. The van der Waals surface area contributed by atoms with Crippen LogP contribution in [0.2, 0.25) is 0 Å². The number of fused-ring (bicyclic) bond motifs is 1. The van der Waals surface area contributed by atoms with Crippen LogP contribution in [0.1, 0.15) is 0 Å². The van der Waals surface area contributed by atoms with E-state index in [4.69, 9.17) is 0 Å². The van der Waals surface area contributed by atoms with E-state index < -0.39 is 0 Å². The third kappa shape index (κ3) is 2.52. The summed E-state index contributed by atoms with van der Waals surface area (Å²) in [4.78, 5) is 15.8. The molecule has 0 atom stereocenters. The molecule has 3 rings (SSSR count). The van der Waals surface area contributed by atoms with Gasteiger partial charge >= 0.3 is 6.03 Å². The second-order valence-corrected chi connectivity index (χ2v) is 3.97. The van der Waals surface area contributed by atoms with Gasteiger partial charge in [0.15, 0.2) is 0 Å². The quantitative estimate of drug-likeness (QED) is 0.656. The number of rotatable bonds is 2. The number of anilines is 2. The fraction of sp³-hybridized carbons (Fsp3) is 0. The molecular weight excluding hydrogens is 242 g/mol. The first-order valence-corrected chi connectivity index (χ1v) is 5.73. The molecule has 2 amide bonds. The summed E-state index contributed by atoms with van der Waals surface area (Å²) >= 11 is 0. The van der Waals surface area contributed by atoms with E-state index in [-0.39, 0.29) is 6.03 Å². The molecule has 1 aromatic carbocycles. The van der Waals surface area contributed by atoms with Crippen molar-refractivity contribution < 1.29 is 4.79 Å². The van der Waals surface area contributed by atoms with Crippen molar-refractivity contribution in [2.75, 3.05) is 10.6 Å². The molecule has 2 aromatic heterocycles. The number of hydrogen-bond acceptors (Lipinski definition) is 3. The summed E-state index contributed by atoms with van der Waals surface area (Å²) in [5.41, 5.74) is 1.62. The van der Waals surface area contributed by atoms with Gasteiger partial charge in [-0.15, -0.1) is 0 Å². The van der Waals surface area contributed by atoms with Crippen LogP contribution >= 0.6 is 0 Å². The van der Waals surface area contributed by atoms with Gasteiger partial charge in [-0.3, -0.25) is 10.4 Å². The maximum absolute atomic E-state index is 11.8. The van der Waals surface area contributed by atoms with E-state index in [1.807, 2.05) is 12.1 Å². The molecule has 2 heterocycles. The molecule has 0 fully saturated rings. The number of carbonyl (C=O) groups is 1. The minimum atomic E-state index is -0.332. The first-order chi connectivity index (χ1) is 9.31. The lowest BCUT2D eigenvalue weighted by Gasteiger charge is -2.06. The molecule has 0 saturated carbocycles. The summed E-state index contributed by atoms with van der Waals surface area (Å²) in [5.74, 6) is 0.504. The predicted octanol–water partition coefficient (Wildman–Crippen LogP) is 2.60. The summed E-state index contributed by atoms with van der Waals surface area (Å²) < 4.78 is 0. The van der Waals surface area contributed by atoms with Crippen LogP contribution in [0.3, 0.4) is 0 Å². The average Bonchev–Trinajstić information content (AvgIpc) is 2.87. The Bertz CT molecular complexity index is 707. The zero-order chi connectivity index (χ0) is 13.1.